The maximum atomic E-state index is 11.3. The van der Waals surface area contributed by atoms with E-state index in [0.29, 0.717) is 0 Å². The van der Waals surface area contributed by atoms with E-state index in [9.17, 15) is 4.79 Å². The van der Waals surface area contributed by atoms with Crippen molar-refractivity contribution in [3.63, 3.8) is 0 Å². The molecule has 0 saturated heterocycles. The first-order chi connectivity index (χ1) is 8.08. The van der Waals surface area contributed by atoms with Gasteiger partial charge in [0.25, 0.3) is 0 Å². The monoisotopic (exact) mass is 293 g/mol. The highest BCUT2D eigenvalue weighted by Gasteiger charge is 1.95. The summed E-state index contributed by atoms with van der Waals surface area (Å²) in [7, 11) is 0. The lowest BCUT2D eigenvalue weighted by molar-refractivity contribution is -0.116. The lowest BCUT2D eigenvalue weighted by Gasteiger charge is -2.03. The van der Waals surface area contributed by atoms with E-state index in [-0.39, 0.29) is 11.9 Å². The highest BCUT2D eigenvalue weighted by Crippen LogP contribution is 2.11. The molecule has 3 heteroatoms. The molecule has 0 bridgehead atoms. The molecule has 2 nitrogen and oxygen atoms in total. The van der Waals surface area contributed by atoms with Gasteiger partial charge in [0.2, 0.25) is 5.91 Å². The zero-order valence-electron chi connectivity index (χ0n) is 9.98. The number of rotatable bonds is 4. The van der Waals surface area contributed by atoms with Crippen LogP contribution in [0, 0.1) is 0 Å². The minimum absolute atomic E-state index is 0.0690. The maximum absolute atomic E-state index is 11.3. The molecule has 1 aromatic rings. The van der Waals surface area contributed by atoms with Crippen LogP contribution in [0.1, 0.15) is 19.4 Å². The number of halogens is 1. The van der Waals surface area contributed by atoms with Crippen LogP contribution < -0.4 is 5.32 Å². The van der Waals surface area contributed by atoms with Crippen molar-refractivity contribution in [3.8, 4) is 0 Å². The topological polar surface area (TPSA) is 29.1 Å². The summed E-state index contributed by atoms with van der Waals surface area (Å²) in [6.07, 6.45) is 7.06. The Morgan fingerprint density at radius 1 is 1.24 bits per heavy atom. The first-order valence-corrected chi connectivity index (χ1v) is 6.28. The molecule has 90 valence electrons. The molecule has 1 rings (SSSR count). The Kier molecular flexibility index (Phi) is 5.70. The van der Waals surface area contributed by atoms with E-state index in [0.717, 1.165) is 10.0 Å². The van der Waals surface area contributed by atoms with Crippen LogP contribution in [0.25, 0.3) is 6.08 Å². The molecule has 0 unspecified atom stereocenters. The van der Waals surface area contributed by atoms with E-state index in [1.807, 2.05) is 50.3 Å². The molecule has 0 fully saturated rings. The lowest BCUT2D eigenvalue weighted by atomic mass is 10.2. The van der Waals surface area contributed by atoms with Crippen LogP contribution in [0.3, 0.4) is 0 Å². The fraction of sp³-hybridized carbons (Fsp3) is 0.214. The van der Waals surface area contributed by atoms with Crippen LogP contribution in [0.15, 0.2) is 47.0 Å². The van der Waals surface area contributed by atoms with Crippen molar-refractivity contribution < 1.29 is 4.79 Å². The highest BCUT2D eigenvalue weighted by molar-refractivity contribution is 9.10. The first-order valence-electron chi connectivity index (χ1n) is 5.49. The van der Waals surface area contributed by atoms with Crippen molar-refractivity contribution in [1.82, 2.24) is 5.32 Å². The number of carbonyl (C=O) groups is 1. The Morgan fingerprint density at radius 3 is 2.47 bits per heavy atom. The second-order valence-corrected chi connectivity index (χ2v) is 4.85. The molecule has 0 aliphatic carbocycles. The Labute approximate surface area is 111 Å². The Morgan fingerprint density at radius 2 is 1.88 bits per heavy atom. The van der Waals surface area contributed by atoms with Gasteiger partial charge in [-0.05, 0) is 31.5 Å². The predicted molar refractivity (Wildman–Crippen MR) is 75.6 cm³/mol. The van der Waals surface area contributed by atoms with Crippen LogP contribution in [0.2, 0.25) is 0 Å². The van der Waals surface area contributed by atoms with Crippen molar-refractivity contribution in [2.75, 3.05) is 0 Å². The molecule has 1 aromatic carbocycles. The largest absolute Gasteiger partial charge is 0.350 e. The SMILES string of the molecule is CC(C)NC(=O)/C=C/C=C/c1ccc(Br)cc1. The van der Waals surface area contributed by atoms with Gasteiger partial charge in [0.05, 0.1) is 0 Å². The van der Waals surface area contributed by atoms with Crippen LogP contribution in [-0.2, 0) is 4.79 Å². The summed E-state index contributed by atoms with van der Waals surface area (Å²) in [5, 5.41) is 2.78. The van der Waals surface area contributed by atoms with Crippen molar-refractivity contribution in [2.45, 2.75) is 19.9 Å². The number of hydrogen-bond donors (Lipinski definition) is 1. The standard InChI is InChI=1S/C14H16BrNO/c1-11(2)16-14(17)6-4-3-5-12-7-9-13(15)10-8-12/h3-11H,1-2H3,(H,16,17)/b5-3+,6-4+. The summed E-state index contributed by atoms with van der Waals surface area (Å²) in [5.74, 6) is -0.0690. The maximum Gasteiger partial charge on any atom is 0.244 e. The summed E-state index contributed by atoms with van der Waals surface area (Å²) in [6.45, 7) is 3.87. The average molecular weight is 294 g/mol. The van der Waals surface area contributed by atoms with E-state index in [2.05, 4.69) is 21.2 Å². The van der Waals surface area contributed by atoms with E-state index < -0.39 is 0 Å². The highest BCUT2D eigenvalue weighted by atomic mass is 79.9. The molecule has 0 aliphatic rings. The molecular formula is C14H16BrNO. The normalized spacial score (nSPS) is 11.5. The zero-order chi connectivity index (χ0) is 12.7. The summed E-state index contributed by atoms with van der Waals surface area (Å²) in [4.78, 5) is 11.3. The van der Waals surface area contributed by atoms with Gasteiger partial charge in [0.15, 0.2) is 0 Å². The van der Waals surface area contributed by atoms with Crippen LogP contribution in [-0.4, -0.2) is 11.9 Å². The van der Waals surface area contributed by atoms with Gasteiger partial charge in [-0.25, -0.2) is 0 Å². The summed E-state index contributed by atoms with van der Waals surface area (Å²) in [6, 6.07) is 8.14. The zero-order valence-corrected chi connectivity index (χ0v) is 11.6. The molecular weight excluding hydrogens is 278 g/mol. The number of allylic oxidation sites excluding steroid dienone is 2. The molecule has 0 aromatic heterocycles. The fourth-order valence-corrected chi connectivity index (χ4v) is 1.48. The minimum Gasteiger partial charge on any atom is -0.350 e. The average Bonchev–Trinajstić information content (AvgIpc) is 2.26. The van der Waals surface area contributed by atoms with Crippen LogP contribution >= 0.6 is 15.9 Å². The quantitative estimate of drug-likeness (QED) is 0.668. The number of nitrogens with one attached hydrogen (secondary N) is 1. The molecule has 0 aliphatic heterocycles. The number of carbonyl (C=O) groups excluding carboxylic acids is 1. The van der Waals surface area contributed by atoms with E-state index >= 15 is 0 Å². The van der Waals surface area contributed by atoms with Gasteiger partial charge in [-0.3, -0.25) is 4.79 Å². The molecule has 0 saturated carbocycles. The van der Waals surface area contributed by atoms with Crippen molar-refractivity contribution in [1.29, 1.82) is 0 Å². The minimum atomic E-state index is -0.0690. The van der Waals surface area contributed by atoms with Crippen molar-refractivity contribution in [3.05, 3.63) is 52.5 Å². The third-order valence-corrected chi connectivity index (χ3v) is 2.48. The van der Waals surface area contributed by atoms with E-state index in [1.165, 1.54) is 6.08 Å². The molecule has 1 N–H and O–H groups in total. The molecule has 0 heterocycles. The molecule has 0 atom stereocenters. The first kappa shape index (κ1) is 13.7. The predicted octanol–water partition coefficient (Wildman–Crippen LogP) is 3.54. The Bertz CT molecular complexity index is 418. The third kappa shape index (κ3) is 6.07. The van der Waals surface area contributed by atoms with Gasteiger partial charge >= 0.3 is 0 Å². The van der Waals surface area contributed by atoms with Gasteiger partial charge in [0.1, 0.15) is 0 Å². The third-order valence-electron chi connectivity index (χ3n) is 1.95. The number of hydrogen-bond acceptors (Lipinski definition) is 1. The fourth-order valence-electron chi connectivity index (χ4n) is 1.22. The van der Waals surface area contributed by atoms with Gasteiger partial charge in [-0.2, -0.15) is 0 Å². The number of benzene rings is 1. The summed E-state index contributed by atoms with van der Waals surface area (Å²) >= 11 is 3.38. The molecule has 0 spiro atoms. The Hall–Kier alpha value is -1.35. The van der Waals surface area contributed by atoms with Gasteiger partial charge in [-0.1, -0.05) is 46.3 Å². The lowest BCUT2D eigenvalue weighted by Crippen LogP contribution is -2.28. The van der Waals surface area contributed by atoms with Crippen molar-refractivity contribution >= 4 is 27.9 Å². The summed E-state index contributed by atoms with van der Waals surface area (Å²) in [5.41, 5.74) is 1.10. The van der Waals surface area contributed by atoms with E-state index in [4.69, 9.17) is 0 Å². The molecule has 17 heavy (non-hydrogen) atoms. The van der Waals surface area contributed by atoms with Gasteiger partial charge in [0, 0.05) is 16.6 Å². The van der Waals surface area contributed by atoms with Gasteiger partial charge in [-0.15, -0.1) is 0 Å². The smallest absolute Gasteiger partial charge is 0.244 e. The van der Waals surface area contributed by atoms with Crippen LogP contribution in [0.5, 0.6) is 0 Å². The van der Waals surface area contributed by atoms with Crippen LogP contribution in [0.4, 0.5) is 0 Å². The summed E-state index contributed by atoms with van der Waals surface area (Å²) < 4.78 is 1.06. The van der Waals surface area contributed by atoms with Crippen molar-refractivity contribution in [2.24, 2.45) is 0 Å². The molecule has 0 radical (unpaired) electrons. The number of amides is 1. The van der Waals surface area contributed by atoms with E-state index in [1.54, 1.807) is 6.08 Å². The second kappa shape index (κ2) is 7.07. The molecule has 1 amide bonds. The van der Waals surface area contributed by atoms with Gasteiger partial charge < -0.3 is 5.32 Å². The Balaban J connectivity index is 2.47. The second-order valence-electron chi connectivity index (χ2n) is 3.93.